The van der Waals surface area contributed by atoms with Crippen molar-refractivity contribution in [2.45, 2.75) is 10.8 Å². The van der Waals surface area contributed by atoms with E-state index >= 15 is 0 Å². The fourth-order valence-electron chi connectivity index (χ4n) is 4.14. The number of rotatable bonds is 5. The first kappa shape index (κ1) is 21.9. The molecule has 1 atom stereocenters. The second kappa shape index (κ2) is 8.44. The third-order valence-electron chi connectivity index (χ3n) is 6.21. The van der Waals surface area contributed by atoms with Gasteiger partial charge in [-0.1, -0.05) is 12.1 Å². The third-order valence-corrected chi connectivity index (χ3v) is 8.00. The monoisotopic (exact) mass is 474 g/mol. The van der Waals surface area contributed by atoms with Crippen molar-refractivity contribution in [1.82, 2.24) is 9.21 Å². The van der Waals surface area contributed by atoms with Gasteiger partial charge >= 0.3 is 0 Å². The van der Waals surface area contributed by atoms with E-state index in [1.807, 2.05) is 0 Å². The number of hydrogen-bond acceptors (Lipinski definition) is 6. The standard InChI is InChI=1S/C23H23FN2O6S/c24-18-3-1-15(2-4-18)20(14-27)23(28)25-10-16(11-25)17-12-26(13-17)33(29,30)19-5-6-21-22(9-19)32-8-7-31-21/h1-6,9,20,27H,7-8,10-14H2/t20-/m0/s1. The summed E-state index contributed by atoms with van der Waals surface area (Å²) in [5.74, 6) is -0.416. The van der Waals surface area contributed by atoms with Crippen LogP contribution in [0.25, 0.3) is 0 Å². The number of nitrogens with zero attached hydrogens (tertiary/aromatic N) is 2. The number of carbonyl (C=O) groups excluding carboxylic acids is 1. The Labute approximate surface area is 190 Å². The summed E-state index contributed by atoms with van der Waals surface area (Å²) in [6.07, 6.45) is 0. The van der Waals surface area contributed by atoms with Crippen LogP contribution in [0.5, 0.6) is 11.5 Å². The lowest BCUT2D eigenvalue weighted by atomic mass is 9.92. The summed E-state index contributed by atoms with van der Waals surface area (Å²) in [6, 6.07) is 10.1. The van der Waals surface area contributed by atoms with Gasteiger partial charge in [0.1, 0.15) is 19.0 Å². The molecule has 0 radical (unpaired) electrons. The fourth-order valence-corrected chi connectivity index (χ4v) is 5.59. The first-order chi connectivity index (χ1) is 15.9. The van der Waals surface area contributed by atoms with Crippen LogP contribution < -0.4 is 9.47 Å². The third kappa shape index (κ3) is 3.98. The molecule has 0 spiro atoms. The highest BCUT2D eigenvalue weighted by molar-refractivity contribution is 7.89. The number of amides is 1. The highest BCUT2D eigenvalue weighted by Gasteiger charge is 2.39. The highest BCUT2D eigenvalue weighted by Crippen LogP contribution is 2.36. The number of ether oxygens (including phenoxy) is 2. The smallest absolute Gasteiger partial charge is 0.243 e. The van der Waals surface area contributed by atoms with Gasteiger partial charge in [-0.15, -0.1) is 0 Å². The van der Waals surface area contributed by atoms with Crippen LogP contribution in [0.4, 0.5) is 4.39 Å². The lowest BCUT2D eigenvalue weighted by Gasteiger charge is -2.42. The second-order valence-corrected chi connectivity index (χ2v) is 10.2. The predicted molar refractivity (Wildman–Crippen MR) is 116 cm³/mol. The Bertz CT molecular complexity index is 1210. The van der Waals surface area contributed by atoms with Gasteiger partial charge in [-0.25, -0.2) is 12.8 Å². The van der Waals surface area contributed by atoms with E-state index in [0.29, 0.717) is 43.4 Å². The number of halogens is 1. The summed E-state index contributed by atoms with van der Waals surface area (Å²) in [4.78, 5) is 14.5. The average Bonchev–Trinajstić information content (AvgIpc) is 2.75. The molecule has 3 heterocycles. The molecule has 0 saturated carbocycles. The van der Waals surface area contributed by atoms with Gasteiger partial charge in [0.25, 0.3) is 0 Å². The number of carbonyl (C=O) groups is 1. The Morgan fingerprint density at radius 1 is 0.970 bits per heavy atom. The molecule has 8 nitrogen and oxygen atoms in total. The number of benzene rings is 2. The molecule has 0 aromatic heterocycles. The summed E-state index contributed by atoms with van der Waals surface area (Å²) in [5.41, 5.74) is 2.60. The van der Waals surface area contributed by atoms with E-state index in [2.05, 4.69) is 0 Å². The maximum atomic E-state index is 13.2. The molecule has 5 rings (SSSR count). The van der Waals surface area contributed by atoms with Gasteiger partial charge in [-0.05, 0) is 41.0 Å². The number of fused-ring (bicyclic) bond motifs is 1. The van der Waals surface area contributed by atoms with Gasteiger partial charge in [0.15, 0.2) is 11.5 Å². The van der Waals surface area contributed by atoms with Crippen molar-refractivity contribution in [1.29, 1.82) is 0 Å². The zero-order valence-corrected chi connectivity index (χ0v) is 18.6. The molecule has 3 aliphatic rings. The largest absolute Gasteiger partial charge is 0.486 e. The van der Waals surface area contributed by atoms with E-state index in [-0.39, 0.29) is 30.5 Å². The number of aliphatic hydroxyl groups is 1. The first-order valence-corrected chi connectivity index (χ1v) is 12.1. The molecule has 0 aliphatic carbocycles. The van der Waals surface area contributed by atoms with Crippen molar-refractivity contribution in [3.05, 3.63) is 65.0 Å². The summed E-state index contributed by atoms with van der Waals surface area (Å²) in [5, 5.41) is 9.68. The first-order valence-electron chi connectivity index (χ1n) is 10.6. The highest BCUT2D eigenvalue weighted by atomic mass is 32.2. The molecule has 1 N–H and O–H groups in total. The van der Waals surface area contributed by atoms with Crippen molar-refractivity contribution in [2.75, 3.05) is 46.0 Å². The maximum Gasteiger partial charge on any atom is 0.243 e. The lowest BCUT2D eigenvalue weighted by molar-refractivity contribution is -0.135. The second-order valence-electron chi connectivity index (χ2n) is 8.27. The zero-order valence-electron chi connectivity index (χ0n) is 17.7. The minimum Gasteiger partial charge on any atom is -0.486 e. The van der Waals surface area contributed by atoms with Crippen molar-refractivity contribution in [3.8, 4) is 11.5 Å². The molecule has 10 heteroatoms. The van der Waals surface area contributed by atoms with Crippen molar-refractivity contribution in [2.24, 2.45) is 0 Å². The molecule has 33 heavy (non-hydrogen) atoms. The summed E-state index contributed by atoms with van der Waals surface area (Å²) in [7, 11) is -3.65. The summed E-state index contributed by atoms with van der Waals surface area (Å²) < 4.78 is 51.4. The zero-order chi connectivity index (χ0) is 23.2. The van der Waals surface area contributed by atoms with Crippen LogP contribution >= 0.6 is 0 Å². The molecule has 0 bridgehead atoms. The number of sulfonamides is 1. The quantitative estimate of drug-likeness (QED) is 0.660. The SMILES string of the molecule is O=C([C@@H](CO)c1ccc(F)cc1)N1CC(=C2CN(S(=O)(=O)c3ccc4c(c3)OCCO4)C2)C1. The number of likely N-dealkylation sites (tertiary alicyclic amines) is 1. The number of aliphatic hydroxyl groups excluding tert-OH is 1. The van der Waals surface area contributed by atoms with Crippen LogP contribution in [-0.2, 0) is 14.8 Å². The molecular formula is C23H23FN2O6S. The van der Waals surface area contributed by atoms with E-state index in [0.717, 1.165) is 11.1 Å². The Kier molecular flexibility index (Phi) is 5.59. The van der Waals surface area contributed by atoms with Gasteiger partial charge in [-0.3, -0.25) is 4.79 Å². The van der Waals surface area contributed by atoms with Crippen molar-refractivity contribution < 1.29 is 32.2 Å². The molecule has 2 aromatic carbocycles. The van der Waals surface area contributed by atoms with Gasteiger partial charge < -0.3 is 19.5 Å². The lowest BCUT2D eigenvalue weighted by Crippen LogP contribution is -2.52. The van der Waals surface area contributed by atoms with Gasteiger partial charge in [0.2, 0.25) is 15.9 Å². The molecule has 174 valence electrons. The Morgan fingerprint density at radius 2 is 1.61 bits per heavy atom. The van der Waals surface area contributed by atoms with Crippen LogP contribution in [0, 0.1) is 5.82 Å². The van der Waals surface area contributed by atoms with Gasteiger partial charge in [0, 0.05) is 32.2 Å². The Hall–Kier alpha value is -2.95. The van der Waals surface area contributed by atoms with Crippen molar-refractivity contribution in [3.63, 3.8) is 0 Å². The Morgan fingerprint density at radius 3 is 2.27 bits per heavy atom. The predicted octanol–water partition coefficient (Wildman–Crippen LogP) is 1.52. The fraction of sp³-hybridized carbons (Fsp3) is 0.348. The minimum atomic E-state index is -3.65. The molecule has 3 aliphatic heterocycles. The van der Waals surface area contributed by atoms with E-state index in [1.54, 1.807) is 11.0 Å². The topological polar surface area (TPSA) is 96.4 Å². The van der Waals surface area contributed by atoms with E-state index < -0.39 is 21.8 Å². The summed E-state index contributed by atoms with van der Waals surface area (Å²) in [6.45, 7) is 1.83. The molecular weight excluding hydrogens is 451 g/mol. The maximum absolute atomic E-state index is 13.2. The van der Waals surface area contributed by atoms with Crippen LogP contribution in [0.3, 0.4) is 0 Å². The Balaban J connectivity index is 1.21. The molecule has 0 unspecified atom stereocenters. The molecule has 2 saturated heterocycles. The molecule has 2 aromatic rings. The van der Waals surface area contributed by atoms with Crippen LogP contribution in [-0.4, -0.2) is 74.6 Å². The van der Waals surface area contributed by atoms with Gasteiger partial charge in [0.05, 0.1) is 17.4 Å². The number of hydrogen-bond donors (Lipinski definition) is 1. The van der Waals surface area contributed by atoms with Crippen molar-refractivity contribution >= 4 is 15.9 Å². The summed E-state index contributed by atoms with van der Waals surface area (Å²) >= 11 is 0. The van der Waals surface area contributed by atoms with E-state index in [9.17, 15) is 22.7 Å². The average molecular weight is 475 g/mol. The minimum absolute atomic E-state index is 0.159. The normalized spacial score (nSPS) is 19.0. The van der Waals surface area contributed by atoms with Crippen LogP contribution in [0.1, 0.15) is 11.5 Å². The van der Waals surface area contributed by atoms with E-state index in [1.165, 1.54) is 40.7 Å². The van der Waals surface area contributed by atoms with Crippen LogP contribution in [0.2, 0.25) is 0 Å². The molecule has 1 amide bonds. The molecule has 2 fully saturated rings. The van der Waals surface area contributed by atoms with Gasteiger partial charge in [-0.2, -0.15) is 4.31 Å². The van der Waals surface area contributed by atoms with Crippen LogP contribution in [0.15, 0.2) is 58.5 Å². The van der Waals surface area contributed by atoms with E-state index in [4.69, 9.17) is 9.47 Å².